The Morgan fingerprint density at radius 3 is 2.64 bits per heavy atom. The number of hydrogen-bond acceptors (Lipinski definition) is 6. The summed E-state index contributed by atoms with van der Waals surface area (Å²) in [5.41, 5.74) is 3.42. The minimum absolute atomic E-state index is 0.288. The molecule has 0 bridgehead atoms. The summed E-state index contributed by atoms with van der Waals surface area (Å²) in [7, 11) is 3.00. The standard InChI is InChI=1S/C16H17N7O2/c1-4-9-23-12-13(21(2)16(25)22(3)14(12)24)19-15(23)20-18-10-11-5-7-17-8-6-11/h4-8,10H,1,9H2,2-3H3,(H,19,20)/b18-10-. The summed E-state index contributed by atoms with van der Waals surface area (Å²) >= 11 is 0. The van der Waals surface area contributed by atoms with E-state index in [4.69, 9.17) is 0 Å². The van der Waals surface area contributed by atoms with Gasteiger partial charge in [-0.25, -0.2) is 10.2 Å². The van der Waals surface area contributed by atoms with Crippen LogP contribution in [0.15, 0.2) is 51.9 Å². The molecule has 0 radical (unpaired) electrons. The molecule has 0 amide bonds. The van der Waals surface area contributed by atoms with Crippen molar-refractivity contribution in [1.29, 1.82) is 0 Å². The zero-order valence-electron chi connectivity index (χ0n) is 13.9. The molecule has 0 aliphatic carbocycles. The molecule has 0 aliphatic heterocycles. The average Bonchev–Trinajstić information content (AvgIpc) is 2.98. The zero-order valence-corrected chi connectivity index (χ0v) is 13.9. The van der Waals surface area contributed by atoms with Crippen molar-refractivity contribution >= 4 is 23.3 Å². The van der Waals surface area contributed by atoms with Crippen LogP contribution < -0.4 is 16.7 Å². The molecular weight excluding hydrogens is 322 g/mol. The largest absolute Gasteiger partial charge is 0.332 e. The molecule has 0 aliphatic rings. The Hall–Kier alpha value is -3.49. The van der Waals surface area contributed by atoms with E-state index < -0.39 is 11.2 Å². The highest BCUT2D eigenvalue weighted by atomic mass is 16.2. The number of hydrazone groups is 1. The van der Waals surface area contributed by atoms with Crippen LogP contribution in [0.5, 0.6) is 0 Å². The number of hydrogen-bond donors (Lipinski definition) is 1. The fraction of sp³-hybridized carbons (Fsp3) is 0.188. The van der Waals surface area contributed by atoms with Crippen LogP contribution in [0.25, 0.3) is 11.2 Å². The number of nitrogens with one attached hydrogen (secondary N) is 1. The van der Waals surface area contributed by atoms with Crippen molar-refractivity contribution in [3.05, 3.63) is 63.6 Å². The van der Waals surface area contributed by atoms with Gasteiger partial charge in [-0.05, 0) is 17.7 Å². The van der Waals surface area contributed by atoms with Crippen molar-refractivity contribution in [3.8, 4) is 0 Å². The lowest BCUT2D eigenvalue weighted by molar-refractivity contribution is 0.703. The number of aromatic nitrogens is 5. The van der Waals surface area contributed by atoms with Gasteiger partial charge in [-0.1, -0.05) is 6.08 Å². The topological polar surface area (TPSA) is 99.1 Å². The molecule has 0 fully saturated rings. The summed E-state index contributed by atoms with van der Waals surface area (Å²) in [5, 5.41) is 4.14. The first kappa shape index (κ1) is 16.4. The third-order valence-electron chi connectivity index (χ3n) is 3.74. The van der Waals surface area contributed by atoms with Crippen molar-refractivity contribution in [2.24, 2.45) is 19.2 Å². The molecule has 0 spiro atoms. The lowest BCUT2D eigenvalue weighted by Gasteiger charge is -2.06. The summed E-state index contributed by atoms with van der Waals surface area (Å²) in [6.07, 6.45) is 6.57. The van der Waals surface area contributed by atoms with Crippen LogP contribution in [0.4, 0.5) is 5.95 Å². The van der Waals surface area contributed by atoms with Crippen LogP contribution in [0.2, 0.25) is 0 Å². The molecule has 0 unspecified atom stereocenters. The molecular formula is C16H17N7O2. The Balaban J connectivity index is 2.10. The first-order valence-corrected chi connectivity index (χ1v) is 7.51. The van der Waals surface area contributed by atoms with Gasteiger partial charge >= 0.3 is 5.69 Å². The van der Waals surface area contributed by atoms with Crippen LogP contribution in [-0.2, 0) is 20.6 Å². The Morgan fingerprint density at radius 1 is 1.24 bits per heavy atom. The molecule has 0 aromatic carbocycles. The number of anilines is 1. The highest BCUT2D eigenvalue weighted by Gasteiger charge is 2.18. The molecule has 3 heterocycles. The Kier molecular flexibility index (Phi) is 4.29. The SMILES string of the molecule is C=CCn1c(N/N=C\c2ccncc2)nc2c1c(=O)n(C)c(=O)n2C. The van der Waals surface area contributed by atoms with Crippen molar-refractivity contribution in [2.75, 3.05) is 5.43 Å². The molecule has 3 rings (SSSR count). The lowest BCUT2D eigenvalue weighted by atomic mass is 10.3. The van der Waals surface area contributed by atoms with Crippen molar-refractivity contribution in [2.45, 2.75) is 6.54 Å². The van der Waals surface area contributed by atoms with Crippen LogP contribution in [-0.4, -0.2) is 29.9 Å². The third kappa shape index (κ3) is 2.87. The Bertz CT molecular complexity index is 1070. The second kappa shape index (κ2) is 6.56. The fourth-order valence-electron chi connectivity index (χ4n) is 2.45. The number of rotatable bonds is 5. The van der Waals surface area contributed by atoms with Crippen LogP contribution in [0, 0.1) is 0 Å². The van der Waals surface area contributed by atoms with E-state index >= 15 is 0 Å². The second-order valence-corrected chi connectivity index (χ2v) is 5.36. The number of allylic oxidation sites excluding steroid dienone is 1. The van der Waals surface area contributed by atoms with Gasteiger partial charge in [0.05, 0.1) is 6.21 Å². The number of imidazole rings is 1. The second-order valence-electron chi connectivity index (χ2n) is 5.36. The van der Waals surface area contributed by atoms with Gasteiger partial charge in [-0.2, -0.15) is 10.1 Å². The molecule has 0 saturated heterocycles. The molecule has 3 aromatic heterocycles. The predicted octanol–water partition coefficient (Wildman–Crippen LogP) is 0.461. The number of nitrogens with zero attached hydrogens (tertiary/aromatic N) is 6. The summed E-state index contributed by atoms with van der Waals surface area (Å²) in [5.74, 6) is 0.346. The van der Waals surface area contributed by atoms with Gasteiger partial charge in [0.2, 0.25) is 5.95 Å². The average molecular weight is 339 g/mol. The molecule has 25 heavy (non-hydrogen) atoms. The minimum Gasteiger partial charge on any atom is -0.299 e. The highest BCUT2D eigenvalue weighted by molar-refractivity contribution is 5.80. The smallest absolute Gasteiger partial charge is 0.299 e. The predicted molar refractivity (Wildman–Crippen MR) is 95.9 cm³/mol. The van der Waals surface area contributed by atoms with Crippen LogP contribution >= 0.6 is 0 Å². The molecule has 0 saturated carbocycles. The summed E-state index contributed by atoms with van der Waals surface area (Å²) in [4.78, 5) is 32.9. The van der Waals surface area contributed by atoms with E-state index in [0.29, 0.717) is 18.0 Å². The van der Waals surface area contributed by atoms with Gasteiger partial charge in [0.15, 0.2) is 11.2 Å². The van der Waals surface area contributed by atoms with Gasteiger partial charge in [-0.15, -0.1) is 6.58 Å². The Labute approximate surface area is 142 Å². The lowest BCUT2D eigenvalue weighted by Crippen LogP contribution is -2.37. The maximum Gasteiger partial charge on any atom is 0.332 e. The maximum atomic E-state index is 12.5. The van der Waals surface area contributed by atoms with Crippen molar-refractivity contribution < 1.29 is 0 Å². The summed E-state index contributed by atoms with van der Waals surface area (Å²) < 4.78 is 4.01. The quantitative estimate of drug-likeness (QED) is 0.414. The molecule has 3 aromatic rings. The highest BCUT2D eigenvalue weighted by Crippen LogP contribution is 2.15. The normalized spacial score (nSPS) is 11.3. The van der Waals surface area contributed by atoms with Gasteiger partial charge in [0, 0.05) is 33.0 Å². The Morgan fingerprint density at radius 2 is 1.96 bits per heavy atom. The van der Waals surface area contributed by atoms with E-state index in [1.807, 2.05) is 0 Å². The van der Waals surface area contributed by atoms with E-state index in [-0.39, 0.29) is 5.65 Å². The van der Waals surface area contributed by atoms with Gasteiger partial charge in [-0.3, -0.25) is 23.5 Å². The molecule has 9 nitrogen and oxygen atoms in total. The van der Waals surface area contributed by atoms with E-state index in [1.54, 1.807) is 48.4 Å². The van der Waals surface area contributed by atoms with Gasteiger partial charge in [0.25, 0.3) is 5.56 Å². The minimum atomic E-state index is -0.437. The molecule has 0 atom stereocenters. The van der Waals surface area contributed by atoms with Crippen LogP contribution in [0.1, 0.15) is 5.56 Å². The molecule has 9 heteroatoms. The number of fused-ring (bicyclic) bond motifs is 1. The fourth-order valence-corrected chi connectivity index (χ4v) is 2.45. The van der Waals surface area contributed by atoms with E-state index in [9.17, 15) is 9.59 Å². The monoisotopic (exact) mass is 339 g/mol. The number of pyridine rings is 1. The van der Waals surface area contributed by atoms with Crippen LogP contribution in [0.3, 0.4) is 0 Å². The van der Waals surface area contributed by atoms with Crippen molar-refractivity contribution in [1.82, 2.24) is 23.7 Å². The summed E-state index contributed by atoms with van der Waals surface area (Å²) in [6.45, 7) is 4.05. The molecule has 1 N–H and O–H groups in total. The first-order valence-electron chi connectivity index (χ1n) is 7.51. The van der Waals surface area contributed by atoms with E-state index in [2.05, 4.69) is 27.1 Å². The maximum absolute atomic E-state index is 12.5. The zero-order chi connectivity index (χ0) is 18.0. The van der Waals surface area contributed by atoms with E-state index in [1.165, 1.54) is 11.6 Å². The molecule has 128 valence electrons. The van der Waals surface area contributed by atoms with Gasteiger partial charge < -0.3 is 0 Å². The third-order valence-corrected chi connectivity index (χ3v) is 3.74. The summed E-state index contributed by atoms with van der Waals surface area (Å²) in [6, 6.07) is 3.61. The number of aryl methyl sites for hydroxylation is 1. The van der Waals surface area contributed by atoms with Gasteiger partial charge in [0.1, 0.15) is 0 Å². The van der Waals surface area contributed by atoms with Crippen molar-refractivity contribution in [3.63, 3.8) is 0 Å². The van der Waals surface area contributed by atoms with E-state index in [0.717, 1.165) is 10.1 Å². The first-order chi connectivity index (χ1) is 12.0.